The van der Waals surface area contributed by atoms with E-state index in [0.29, 0.717) is 16.2 Å². The van der Waals surface area contributed by atoms with E-state index in [9.17, 15) is 14.4 Å². The molecule has 0 spiro atoms. The Morgan fingerprint density at radius 3 is 1.92 bits per heavy atom. The van der Waals surface area contributed by atoms with E-state index in [2.05, 4.69) is 52.2 Å². The van der Waals surface area contributed by atoms with Crippen molar-refractivity contribution in [1.29, 1.82) is 0 Å². The van der Waals surface area contributed by atoms with Gasteiger partial charge in [0.2, 0.25) is 5.91 Å². The van der Waals surface area contributed by atoms with E-state index in [-0.39, 0.29) is 38.8 Å². The van der Waals surface area contributed by atoms with Gasteiger partial charge >= 0.3 is 12.1 Å². The molecule has 9 rings (SSSR count). The Balaban J connectivity index is 1.16. The summed E-state index contributed by atoms with van der Waals surface area (Å²) in [6, 6.07) is 49.0. The number of thiazole rings is 1. The first-order valence-electron chi connectivity index (χ1n) is 22.6. The second kappa shape index (κ2) is 21.7. The highest BCUT2D eigenvalue weighted by Crippen LogP contribution is 2.58. The van der Waals surface area contributed by atoms with Crippen LogP contribution in [0.1, 0.15) is 66.8 Å². The number of carbonyl (C=O) groups excluding carboxylic acids is 4. The van der Waals surface area contributed by atoms with E-state index in [4.69, 9.17) is 29.6 Å². The van der Waals surface area contributed by atoms with Crippen LogP contribution in [0, 0.1) is 0 Å². The molecule has 2 aliphatic rings. The number of benzene rings is 5. The lowest BCUT2D eigenvalue weighted by molar-refractivity contribution is -0.152. The normalized spacial score (nSPS) is 16.8. The van der Waals surface area contributed by atoms with Crippen molar-refractivity contribution in [1.82, 2.24) is 30.2 Å². The third-order valence-corrected chi connectivity index (χ3v) is 16.1. The Bertz CT molecular complexity index is 2960. The second-order valence-corrected chi connectivity index (χ2v) is 21.9. The summed E-state index contributed by atoms with van der Waals surface area (Å²) in [4.78, 5) is 66.1. The number of rotatable bonds is 17. The van der Waals surface area contributed by atoms with Crippen molar-refractivity contribution in [3.63, 3.8) is 0 Å². The third kappa shape index (κ3) is 10.4. The minimum absolute atomic E-state index is 0.0426. The maximum absolute atomic E-state index is 15.3. The van der Waals surface area contributed by atoms with Crippen LogP contribution >= 0.6 is 46.6 Å². The van der Waals surface area contributed by atoms with Crippen LogP contribution in [0.25, 0.3) is 0 Å². The summed E-state index contributed by atoms with van der Waals surface area (Å²) in [7, 11) is 1.31. The highest BCUT2D eigenvalue weighted by Gasteiger charge is 2.58. The molecule has 5 aromatic carbocycles. The van der Waals surface area contributed by atoms with Crippen LogP contribution in [-0.4, -0.2) is 78.1 Å². The van der Waals surface area contributed by atoms with E-state index in [0.717, 1.165) is 34.2 Å². The molecule has 0 radical (unpaired) electrons. The summed E-state index contributed by atoms with van der Waals surface area (Å²) >= 11 is 4.87. The lowest BCUT2D eigenvalue weighted by Gasteiger charge is -2.51. The fourth-order valence-electron chi connectivity index (χ4n) is 8.47. The average Bonchev–Trinajstić information content (AvgIpc) is 4.07. The number of esters is 1. The summed E-state index contributed by atoms with van der Waals surface area (Å²) in [5.74, 6) is -1.81. The minimum atomic E-state index is -1.67. The van der Waals surface area contributed by atoms with Crippen LogP contribution in [-0.2, 0) is 39.1 Å². The topological polar surface area (TPSA) is 179 Å². The number of nitrogens with one attached hydrogen (secondary N) is 2. The monoisotopic (exact) mass is 1040 g/mol. The Hall–Kier alpha value is -7.19. The van der Waals surface area contributed by atoms with E-state index < -0.39 is 45.5 Å². The lowest BCUT2D eigenvalue weighted by Crippen LogP contribution is -2.60. The summed E-state index contributed by atoms with van der Waals surface area (Å²) < 4.78 is 13.9. The Kier molecular flexibility index (Phi) is 15.0. The molecule has 2 aromatic heterocycles. The molecular weight excluding hydrogens is 989 g/mol. The molecule has 0 saturated carbocycles. The third-order valence-electron chi connectivity index (χ3n) is 11.5. The average molecular weight is 1040 g/mol. The van der Waals surface area contributed by atoms with Gasteiger partial charge in [-0.05, 0) is 48.6 Å². The number of carbonyl (C=O) groups is 4. The smallest absolute Gasteiger partial charge is 0.413 e. The quantitative estimate of drug-likeness (QED) is 0.0168. The predicted molar refractivity (Wildman–Crippen MR) is 281 cm³/mol. The molecule has 1 unspecified atom stereocenters. The van der Waals surface area contributed by atoms with Crippen LogP contribution in [0.15, 0.2) is 184 Å². The van der Waals surface area contributed by atoms with Gasteiger partial charge in [0.1, 0.15) is 35.2 Å². The molecule has 0 aliphatic carbocycles. The Labute approximate surface area is 432 Å². The van der Waals surface area contributed by atoms with Crippen molar-refractivity contribution in [3.8, 4) is 0 Å². The minimum Gasteiger partial charge on any atom is -0.448 e. The zero-order chi connectivity index (χ0) is 50.3. The number of aromatic nitrogens is 4. The number of hydrogen-bond donors (Lipinski definition) is 2. The Morgan fingerprint density at radius 2 is 1.39 bits per heavy atom. The molecule has 2 aliphatic heterocycles. The molecule has 4 heterocycles. The number of thioether (sulfide) groups is 3. The van der Waals surface area contributed by atoms with Crippen LogP contribution < -0.4 is 10.6 Å². The number of nitrogens with zero attached hydrogens (tertiary/aromatic N) is 6. The molecule has 1 saturated heterocycles. The van der Waals surface area contributed by atoms with E-state index >= 15 is 4.79 Å². The van der Waals surface area contributed by atoms with Gasteiger partial charge in [0.15, 0.2) is 16.1 Å². The van der Waals surface area contributed by atoms with Crippen molar-refractivity contribution in [2.24, 2.45) is 5.16 Å². The standard InChI is InChI=1S/C53H48N8O7S4/c1-51(2,3)68-50(65)56-49-55-40(33-69-49)53(57-41(62)31-54-66-4)47(45(61-43(63)30-44(61)72-53)48(64)67-46(35-20-10-5-11-21-35)36-22-12-6-13-23-36)71-34-70-42-32-60(59-58-42)52(37-24-14-7-15-25-37,38-26-16-8-17-27-38)39-28-18-9-19-29-39/h5-29,31-33,44,46H,30,34H2,1-4H3,(H,57,62)(H,55,56,65)/t44-,53?/m0/s1. The molecule has 2 N–H and O–H groups in total. The summed E-state index contributed by atoms with van der Waals surface area (Å²) in [5, 5.41) is 21.0. The number of amides is 3. The van der Waals surface area contributed by atoms with Crippen molar-refractivity contribution in [2.75, 3.05) is 17.5 Å². The van der Waals surface area contributed by atoms with Crippen LogP contribution in [0.2, 0.25) is 0 Å². The molecule has 1 fully saturated rings. The van der Waals surface area contributed by atoms with E-state index in [1.165, 1.54) is 47.3 Å². The summed E-state index contributed by atoms with van der Waals surface area (Å²) in [5.41, 5.74) is 2.75. The first-order chi connectivity index (χ1) is 34.9. The number of anilines is 1. The molecule has 0 bridgehead atoms. The van der Waals surface area contributed by atoms with Crippen molar-refractivity contribution in [2.45, 2.75) is 59.7 Å². The first kappa shape index (κ1) is 49.8. The molecule has 15 nitrogen and oxygen atoms in total. The zero-order valence-electron chi connectivity index (χ0n) is 39.4. The SMILES string of the molecule is CON=CC(=O)NC1(c2csc(NC(=O)OC(C)(C)C)n2)S[C@H]2CC(=O)N2C(C(=O)OC(c2ccccc2)c2ccccc2)=C1SCSc1cn(C(c2ccccc2)(c2ccccc2)c2ccccc2)nn1. The van der Waals surface area contributed by atoms with Gasteiger partial charge in [0.25, 0.3) is 5.91 Å². The van der Waals surface area contributed by atoms with Gasteiger partial charge in [0.05, 0.1) is 33.7 Å². The van der Waals surface area contributed by atoms with E-state index in [1.54, 1.807) is 26.2 Å². The number of ether oxygens (including phenoxy) is 2. The van der Waals surface area contributed by atoms with E-state index in [1.807, 2.05) is 126 Å². The van der Waals surface area contributed by atoms with Gasteiger partial charge in [-0.15, -0.1) is 28.2 Å². The molecular formula is C53H48N8O7S4. The van der Waals surface area contributed by atoms with Crippen molar-refractivity contribution < 1.29 is 33.5 Å². The summed E-state index contributed by atoms with van der Waals surface area (Å²) in [6.07, 6.45) is 1.29. The molecule has 366 valence electrons. The highest BCUT2D eigenvalue weighted by atomic mass is 32.2. The fourth-order valence-corrected chi connectivity index (χ4v) is 13.3. The van der Waals surface area contributed by atoms with Gasteiger partial charge in [-0.1, -0.05) is 186 Å². The van der Waals surface area contributed by atoms with Gasteiger partial charge in [-0.25, -0.2) is 19.3 Å². The summed E-state index contributed by atoms with van der Waals surface area (Å²) in [6.45, 7) is 5.24. The number of fused-ring (bicyclic) bond motifs is 1. The zero-order valence-corrected chi connectivity index (χ0v) is 42.7. The number of oxime groups is 1. The Morgan fingerprint density at radius 1 is 0.833 bits per heavy atom. The molecule has 3 amide bonds. The maximum Gasteiger partial charge on any atom is 0.413 e. The second-order valence-electron chi connectivity index (χ2n) is 17.3. The van der Waals surface area contributed by atoms with Gasteiger partial charge in [-0.2, -0.15) is 0 Å². The van der Waals surface area contributed by atoms with Crippen molar-refractivity contribution in [3.05, 3.63) is 207 Å². The molecule has 2 atom stereocenters. The predicted octanol–water partition coefficient (Wildman–Crippen LogP) is 10.2. The van der Waals surface area contributed by atoms with Crippen LogP contribution in [0.3, 0.4) is 0 Å². The molecule has 19 heteroatoms. The lowest BCUT2D eigenvalue weighted by atomic mass is 9.77. The van der Waals surface area contributed by atoms with Crippen LogP contribution in [0.5, 0.6) is 0 Å². The largest absolute Gasteiger partial charge is 0.448 e. The maximum atomic E-state index is 15.3. The highest BCUT2D eigenvalue weighted by molar-refractivity contribution is 8.18. The van der Waals surface area contributed by atoms with Gasteiger partial charge in [-0.3, -0.25) is 19.8 Å². The fraction of sp³-hybridized carbons (Fsp3) is 0.208. The van der Waals surface area contributed by atoms with Crippen LogP contribution in [0.4, 0.5) is 9.93 Å². The molecule has 72 heavy (non-hydrogen) atoms. The number of β-lactam (4-membered cyclic amide) rings is 1. The van der Waals surface area contributed by atoms with Gasteiger partial charge in [0, 0.05) is 5.38 Å². The van der Waals surface area contributed by atoms with Gasteiger partial charge < -0.3 is 19.6 Å². The number of hydrogen-bond acceptors (Lipinski definition) is 15. The molecule has 7 aromatic rings. The van der Waals surface area contributed by atoms with Crippen molar-refractivity contribution >= 4 is 81.8 Å². The first-order valence-corrected chi connectivity index (χ1v) is 26.4.